The quantitative estimate of drug-likeness (QED) is 0.889. The van der Waals surface area contributed by atoms with E-state index in [0.717, 1.165) is 17.0 Å². The van der Waals surface area contributed by atoms with E-state index >= 15 is 0 Å². The molecular formula is C15H19N3OS. The number of hydrogen-bond acceptors (Lipinski definition) is 4. The Labute approximate surface area is 123 Å². The first-order valence-electron chi connectivity index (χ1n) is 6.60. The van der Waals surface area contributed by atoms with Crippen molar-refractivity contribution >= 4 is 22.4 Å². The Morgan fingerprint density at radius 3 is 2.65 bits per heavy atom. The van der Waals surface area contributed by atoms with Gasteiger partial charge in [-0.15, -0.1) is 11.3 Å². The van der Waals surface area contributed by atoms with Crippen LogP contribution in [0.3, 0.4) is 0 Å². The molecule has 1 unspecified atom stereocenters. The number of carbonyl (C=O) groups excluding carboxylic acids is 1. The number of anilines is 1. The van der Waals surface area contributed by atoms with Crippen molar-refractivity contribution in [2.24, 2.45) is 5.73 Å². The maximum absolute atomic E-state index is 12.0. The van der Waals surface area contributed by atoms with E-state index in [0.29, 0.717) is 11.6 Å². The van der Waals surface area contributed by atoms with Crippen LogP contribution in [-0.4, -0.2) is 16.9 Å². The molecule has 1 amide bonds. The molecule has 0 aliphatic rings. The lowest BCUT2D eigenvalue weighted by Crippen LogP contribution is -2.36. The van der Waals surface area contributed by atoms with Crippen LogP contribution in [0.15, 0.2) is 30.3 Å². The van der Waals surface area contributed by atoms with Crippen LogP contribution in [0.2, 0.25) is 0 Å². The Kier molecular flexibility index (Phi) is 4.87. The van der Waals surface area contributed by atoms with Crippen LogP contribution >= 0.6 is 11.3 Å². The van der Waals surface area contributed by atoms with Crippen LogP contribution in [0.25, 0.3) is 0 Å². The summed E-state index contributed by atoms with van der Waals surface area (Å²) in [5.74, 6) is -0.172. The zero-order valence-electron chi connectivity index (χ0n) is 11.7. The highest BCUT2D eigenvalue weighted by molar-refractivity contribution is 7.15. The van der Waals surface area contributed by atoms with Gasteiger partial charge < -0.3 is 11.1 Å². The van der Waals surface area contributed by atoms with Crippen LogP contribution in [0, 0.1) is 13.8 Å². The molecule has 0 saturated carbocycles. The second-order valence-corrected chi connectivity index (χ2v) is 5.98. The second kappa shape index (κ2) is 6.63. The standard InChI is InChI=1S/C15H19N3OS/c1-10-11(2)20-15(17-10)18-14(19)13(16)9-8-12-6-4-3-5-7-12/h3-7,13H,8-9,16H2,1-2H3,(H,17,18,19). The second-order valence-electron chi connectivity index (χ2n) is 4.78. The van der Waals surface area contributed by atoms with E-state index in [1.165, 1.54) is 16.9 Å². The third-order valence-corrected chi connectivity index (χ3v) is 4.17. The highest BCUT2D eigenvalue weighted by Gasteiger charge is 2.15. The van der Waals surface area contributed by atoms with E-state index in [2.05, 4.69) is 10.3 Å². The van der Waals surface area contributed by atoms with E-state index in [9.17, 15) is 4.79 Å². The lowest BCUT2D eigenvalue weighted by Gasteiger charge is -2.10. The van der Waals surface area contributed by atoms with Crippen molar-refractivity contribution in [3.05, 3.63) is 46.5 Å². The molecule has 1 atom stereocenters. The zero-order valence-corrected chi connectivity index (χ0v) is 12.5. The van der Waals surface area contributed by atoms with E-state index in [1.54, 1.807) is 0 Å². The maximum Gasteiger partial charge on any atom is 0.243 e. The Morgan fingerprint density at radius 1 is 1.35 bits per heavy atom. The smallest absolute Gasteiger partial charge is 0.243 e. The van der Waals surface area contributed by atoms with Gasteiger partial charge in [0, 0.05) is 4.88 Å². The number of nitrogens with two attached hydrogens (primary N) is 1. The number of hydrogen-bond donors (Lipinski definition) is 2. The predicted molar refractivity (Wildman–Crippen MR) is 83.0 cm³/mol. The number of thiazole rings is 1. The first-order chi connectivity index (χ1) is 9.56. The molecular weight excluding hydrogens is 270 g/mol. The molecule has 4 nitrogen and oxygen atoms in total. The van der Waals surface area contributed by atoms with Gasteiger partial charge in [0.2, 0.25) is 5.91 Å². The van der Waals surface area contributed by atoms with Crippen molar-refractivity contribution in [3.63, 3.8) is 0 Å². The molecule has 0 aliphatic carbocycles. The number of nitrogens with zero attached hydrogens (tertiary/aromatic N) is 1. The molecule has 0 aliphatic heterocycles. The van der Waals surface area contributed by atoms with E-state index in [1.807, 2.05) is 44.2 Å². The summed E-state index contributed by atoms with van der Waals surface area (Å²) >= 11 is 1.48. The lowest BCUT2D eigenvalue weighted by atomic mass is 10.1. The normalized spacial score (nSPS) is 12.2. The fourth-order valence-corrected chi connectivity index (χ4v) is 2.64. The van der Waals surface area contributed by atoms with Gasteiger partial charge in [-0.3, -0.25) is 4.79 Å². The molecule has 0 radical (unpaired) electrons. The summed E-state index contributed by atoms with van der Waals surface area (Å²) in [6.45, 7) is 3.91. The molecule has 0 fully saturated rings. The average molecular weight is 289 g/mol. The molecule has 0 bridgehead atoms. The first kappa shape index (κ1) is 14.7. The van der Waals surface area contributed by atoms with Crippen molar-refractivity contribution in [1.82, 2.24) is 4.98 Å². The van der Waals surface area contributed by atoms with Crippen molar-refractivity contribution in [3.8, 4) is 0 Å². The fourth-order valence-electron chi connectivity index (χ4n) is 1.82. The number of aryl methyl sites for hydroxylation is 3. The molecule has 1 aromatic carbocycles. The van der Waals surface area contributed by atoms with E-state index in [4.69, 9.17) is 5.73 Å². The lowest BCUT2D eigenvalue weighted by molar-refractivity contribution is -0.117. The van der Waals surface area contributed by atoms with Crippen molar-refractivity contribution in [1.29, 1.82) is 0 Å². The zero-order chi connectivity index (χ0) is 14.5. The van der Waals surface area contributed by atoms with Crippen LogP contribution in [0.4, 0.5) is 5.13 Å². The Bertz CT molecular complexity index is 561. The monoisotopic (exact) mass is 289 g/mol. The molecule has 0 spiro atoms. The minimum absolute atomic E-state index is 0.172. The Hall–Kier alpha value is -1.72. The molecule has 2 rings (SSSR count). The summed E-state index contributed by atoms with van der Waals surface area (Å²) in [6.07, 6.45) is 1.42. The van der Waals surface area contributed by atoms with Gasteiger partial charge in [0.25, 0.3) is 0 Å². The number of benzene rings is 1. The Balaban J connectivity index is 1.86. The average Bonchev–Trinajstić information content (AvgIpc) is 2.75. The molecule has 106 valence electrons. The molecule has 3 N–H and O–H groups in total. The fraction of sp³-hybridized carbons (Fsp3) is 0.333. The Morgan fingerprint density at radius 2 is 2.05 bits per heavy atom. The number of amides is 1. The highest BCUT2D eigenvalue weighted by atomic mass is 32.1. The van der Waals surface area contributed by atoms with Crippen molar-refractivity contribution in [2.45, 2.75) is 32.7 Å². The van der Waals surface area contributed by atoms with Gasteiger partial charge >= 0.3 is 0 Å². The van der Waals surface area contributed by atoms with Crippen LogP contribution in [-0.2, 0) is 11.2 Å². The maximum atomic E-state index is 12.0. The molecule has 0 saturated heterocycles. The van der Waals surface area contributed by atoms with Crippen molar-refractivity contribution < 1.29 is 4.79 Å². The summed E-state index contributed by atoms with van der Waals surface area (Å²) in [6, 6.07) is 9.52. The van der Waals surface area contributed by atoms with Crippen molar-refractivity contribution in [2.75, 3.05) is 5.32 Å². The number of aromatic nitrogens is 1. The third kappa shape index (κ3) is 3.88. The number of rotatable bonds is 5. The first-order valence-corrected chi connectivity index (χ1v) is 7.42. The molecule has 2 aromatic rings. The van der Waals surface area contributed by atoms with Crippen LogP contribution < -0.4 is 11.1 Å². The van der Waals surface area contributed by atoms with Crippen LogP contribution in [0.5, 0.6) is 0 Å². The van der Waals surface area contributed by atoms with Gasteiger partial charge in [-0.25, -0.2) is 4.98 Å². The minimum Gasteiger partial charge on any atom is -0.320 e. The molecule has 1 heterocycles. The molecule has 1 aromatic heterocycles. The minimum atomic E-state index is -0.514. The van der Waals surface area contributed by atoms with E-state index in [-0.39, 0.29) is 5.91 Å². The predicted octanol–water partition coefficient (Wildman–Crippen LogP) is 2.66. The van der Waals surface area contributed by atoms with Gasteiger partial charge in [-0.2, -0.15) is 0 Å². The van der Waals surface area contributed by atoms with Gasteiger partial charge in [0.15, 0.2) is 5.13 Å². The summed E-state index contributed by atoms with van der Waals surface area (Å²) < 4.78 is 0. The third-order valence-electron chi connectivity index (χ3n) is 3.18. The summed E-state index contributed by atoms with van der Waals surface area (Å²) in [5, 5.41) is 3.41. The van der Waals surface area contributed by atoms with Crippen LogP contribution in [0.1, 0.15) is 22.6 Å². The summed E-state index contributed by atoms with van der Waals surface area (Å²) in [7, 11) is 0. The topological polar surface area (TPSA) is 68.0 Å². The number of carbonyl (C=O) groups is 1. The summed E-state index contributed by atoms with van der Waals surface area (Å²) in [4.78, 5) is 17.4. The molecule has 5 heteroatoms. The van der Waals surface area contributed by atoms with Gasteiger partial charge in [-0.1, -0.05) is 30.3 Å². The van der Waals surface area contributed by atoms with E-state index < -0.39 is 6.04 Å². The molecule has 20 heavy (non-hydrogen) atoms. The van der Waals surface area contributed by atoms with Gasteiger partial charge in [-0.05, 0) is 32.3 Å². The van der Waals surface area contributed by atoms with Gasteiger partial charge in [0.05, 0.1) is 11.7 Å². The SMILES string of the molecule is Cc1nc(NC(=O)C(N)CCc2ccccc2)sc1C. The summed E-state index contributed by atoms with van der Waals surface area (Å²) in [5.41, 5.74) is 8.06. The number of nitrogens with one attached hydrogen (secondary N) is 1. The highest BCUT2D eigenvalue weighted by Crippen LogP contribution is 2.21. The largest absolute Gasteiger partial charge is 0.320 e. The van der Waals surface area contributed by atoms with Gasteiger partial charge in [0.1, 0.15) is 0 Å².